The topological polar surface area (TPSA) is 363 Å². The highest BCUT2D eigenvalue weighted by Gasteiger charge is 2.47. The van der Waals surface area contributed by atoms with Crippen LogP contribution >= 0.6 is 34.0 Å². The van der Waals surface area contributed by atoms with E-state index in [4.69, 9.17) is 30.8 Å². The zero-order valence-corrected chi connectivity index (χ0v) is 72.4. The Hall–Kier alpha value is -7.54. The minimum atomic E-state index is -0.800. The highest BCUT2D eigenvalue weighted by molar-refractivity contribution is 7.14. The number of ketones is 5. The smallest absolute Gasteiger partial charge is 0.305 e. The predicted octanol–water partition coefficient (Wildman–Crippen LogP) is 12.4. The first-order valence-electron chi connectivity index (χ1n) is 40.3. The third-order valence-electron chi connectivity index (χ3n) is 20.9. The summed E-state index contributed by atoms with van der Waals surface area (Å²) < 4.78 is 15.7. The quantitative estimate of drug-likeness (QED) is 0.0197. The molecule has 0 saturated carbocycles. The largest absolute Gasteiger partial charge is 0.481 e. The number of nitrogens with zero attached hydrogens (tertiary/aromatic N) is 6. The number of hydrogen-bond acceptors (Lipinski definition) is 23. The number of benzene rings is 3. The average Bonchev–Trinajstić information content (AvgIpc) is 1.71. The van der Waals surface area contributed by atoms with Gasteiger partial charge in [-0.15, -0.1) is 34.0 Å². The molecule has 0 radical (unpaired) electrons. The molecule has 24 nitrogen and oxygen atoms in total. The van der Waals surface area contributed by atoms with E-state index in [2.05, 4.69) is 27.1 Å². The third kappa shape index (κ3) is 30.4. The van der Waals surface area contributed by atoms with Gasteiger partial charge in [-0.25, -0.2) is 15.0 Å². The van der Waals surface area contributed by atoms with Crippen molar-refractivity contribution in [1.82, 2.24) is 29.7 Å². The second kappa shape index (κ2) is 46.6. The van der Waals surface area contributed by atoms with Gasteiger partial charge in [-0.05, 0) is 103 Å². The van der Waals surface area contributed by atoms with Gasteiger partial charge in [-0.2, -0.15) is 0 Å². The predicted molar refractivity (Wildman–Crippen MR) is 451 cm³/mol. The number of Topliss-reactive ketones (excluding diaryl/α,β-unsaturated/α-hetero) is 5. The van der Waals surface area contributed by atoms with Crippen LogP contribution < -0.4 is 11.5 Å². The van der Waals surface area contributed by atoms with E-state index in [0.29, 0.717) is 65.3 Å². The van der Waals surface area contributed by atoms with Crippen LogP contribution in [0.3, 0.4) is 0 Å². The molecule has 3 aliphatic rings. The molecule has 0 bridgehead atoms. The van der Waals surface area contributed by atoms with E-state index in [1.54, 1.807) is 34.0 Å². The lowest BCUT2D eigenvalue weighted by molar-refractivity contribution is -0.146. The molecule has 9 atom stereocenters. The van der Waals surface area contributed by atoms with Crippen LogP contribution in [0.4, 0.5) is 0 Å². The fraction of sp³-hybridized carbons (Fsp3) is 0.591. The van der Waals surface area contributed by atoms with E-state index >= 15 is 0 Å². The number of likely N-dealkylation sites (tertiary alicyclic amines) is 3. The number of aromatic nitrogens is 3. The maximum atomic E-state index is 13.7. The van der Waals surface area contributed by atoms with Crippen LogP contribution in [0.2, 0.25) is 0 Å². The van der Waals surface area contributed by atoms with Crippen molar-refractivity contribution in [3.8, 4) is 31.3 Å². The van der Waals surface area contributed by atoms with Gasteiger partial charge in [-0.1, -0.05) is 149 Å². The van der Waals surface area contributed by atoms with Crippen LogP contribution in [0.1, 0.15) is 193 Å². The fourth-order valence-corrected chi connectivity index (χ4v) is 16.4. The SMILES string of the molecule is CCCOCCC(=O)C[C@H](C(=O)N1C[C@H](O)C[C@H]1C(=O)CCc1ccc(-c2scnc2C)cc1)C(C)(C)C.CCCOCCC(=O)O.Cc1ncsc1-c1ccc(CCC(=O)[C@@H]2C[C@@H](O)CN2C(=O)[C@@H](CC(=O)CCOCCN)C(C)(C)C)cc1.Cc1ncsc1-c1ccc(CCC(=O)[C@@H]2C[C@@H](O)CN2C(=O)[C@@H](N)C(C)(C)C)cc1. The Morgan fingerprint density at radius 3 is 1.00 bits per heavy atom. The highest BCUT2D eigenvalue weighted by Crippen LogP contribution is 2.38. The number of hydrogen-bond donors (Lipinski definition) is 6. The summed E-state index contributed by atoms with van der Waals surface area (Å²) in [4.78, 5) is 136. The van der Waals surface area contributed by atoms with Gasteiger partial charge >= 0.3 is 5.97 Å². The van der Waals surface area contributed by atoms with Crippen molar-refractivity contribution in [3.05, 3.63) is 123 Å². The molecule has 632 valence electrons. The standard InChI is InChI=1S/C30H42N2O5S.C29H41N3O5S.C23H31N3O3S.C6H12O3/c1-6-14-37-15-13-23(33)16-25(30(3,4)5)29(36)32-18-24(34)17-26(32)27(35)12-9-21-7-10-22(11-8-21)28-20(2)31-19-38-28;1-19-27(38-18-31-19)21-8-5-20(6-9-21)7-10-26(35)25-16-23(34)17-32(25)28(36)24(29(2,3)4)15-22(33)11-13-37-14-12-30;1-14-20(30-13-25-14)16-8-5-15(6-9-16)7-10-19(28)18-11-17(27)12-26(18)22(29)21(24)23(2,3)4;1-2-4-9-5-3-6(7)8/h7-8,10-11,19,24-26,34H,6,9,12-18H2,1-5H3;5-6,8-9,18,23-25,34H,7,10-17,30H2,1-4H3;5-6,8-9,13,17-18,21,27H,7,10-12,24H2,1-4H3;2-5H2,1H3,(H,7,8)/t24-,25-,26+;23-,24-,25+;17-,18+,21-;/m111./s1. The number of thiazole rings is 3. The summed E-state index contributed by atoms with van der Waals surface area (Å²) in [5.41, 5.74) is 25.2. The first-order valence-corrected chi connectivity index (χ1v) is 43.0. The monoisotopic (exact) mass is 1650 g/mol. The molecule has 8 N–H and O–H groups in total. The zero-order chi connectivity index (χ0) is 84.9. The van der Waals surface area contributed by atoms with Gasteiger partial charge in [0.15, 0.2) is 17.3 Å². The molecular weight excluding hydrogens is 1520 g/mol. The minimum absolute atomic E-state index is 0.0195. The third-order valence-corrected chi connectivity index (χ3v) is 23.8. The molecule has 3 amide bonds. The Balaban J connectivity index is 0.000000256. The van der Waals surface area contributed by atoms with Gasteiger partial charge in [0.2, 0.25) is 17.7 Å². The second-order valence-corrected chi connectivity index (χ2v) is 36.0. The number of carboxylic acids is 1. The normalized spacial score (nSPS) is 18.3. The number of amides is 3. The maximum Gasteiger partial charge on any atom is 0.305 e. The Kier molecular flexibility index (Phi) is 39.0. The molecule has 27 heteroatoms. The van der Waals surface area contributed by atoms with Crippen LogP contribution in [0.25, 0.3) is 31.3 Å². The van der Waals surface area contributed by atoms with Gasteiger partial charge in [-0.3, -0.25) is 43.2 Å². The molecule has 6 aromatic rings. The summed E-state index contributed by atoms with van der Waals surface area (Å²) in [6.07, 6.45) is 3.79. The van der Waals surface area contributed by atoms with E-state index in [1.165, 1.54) is 14.7 Å². The van der Waals surface area contributed by atoms with Crippen molar-refractivity contribution in [2.75, 3.05) is 65.8 Å². The molecule has 0 spiro atoms. The van der Waals surface area contributed by atoms with Crippen LogP contribution in [0.5, 0.6) is 0 Å². The molecule has 9 rings (SSSR count). The molecule has 115 heavy (non-hydrogen) atoms. The van der Waals surface area contributed by atoms with E-state index < -0.39 is 76.5 Å². The van der Waals surface area contributed by atoms with Gasteiger partial charge in [0.05, 0.1) is 124 Å². The number of nitrogens with two attached hydrogens (primary N) is 2. The number of ether oxygens (including phenoxy) is 3. The summed E-state index contributed by atoms with van der Waals surface area (Å²) in [7, 11) is 0. The zero-order valence-electron chi connectivity index (χ0n) is 70.0. The lowest BCUT2D eigenvalue weighted by Crippen LogP contribution is -2.53. The van der Waals surface area contributed by atoms with Crippen LogP contribution in [0, 0.1) is 48.9 Å². The first kappa shape index (κ1) is 96.3. The van der Waals surface area contributed by atoms with Crippen LogP contribution in [0.15, 0.2) is 89.3 Å². The van der Waals surface area contributed by atoms with E-state index in [1.807, 2.05) is 174 Å². The second-order valence-electron chi connectivity index (χ2n) is 33.4. The van der Waals surface area contributed by atoms with Crippen molar-refractivity contribution in [2.45, 2.75) is 242 Å². The van der Waals surface area contributed by atoms with Crippen LogP contribution in [-0.4, -0.2) is 211 Å². The molecule has 0 unspecified atom stereocenters. The van der Waals surface area contributed by atoms with Crippen molar-refractivity contribution in [2.24, 2.45) is 39.5 Å². The number of aliphatic hydroxyl groups excluding tert-OH is 3. The fourth-order valence-electron chi connectivity index (χ4n) is 13.9. The summed E-state index contributed by atoms with van der Waals surface area (Å²) in [6, 6.07) is 21.8. The number of aliphatic carboxylic acids is 1. The average molecular weight is 1650 g/mol. The van der Waals surface area contributed by atoms with Gasteiger partial charge in [0.25, 0.3) is 0 Å². The number of aryl methyl sites for hydroxylation is 6. The number of β-amino-alcohol motifs (C(OH)–C–C–N with tert-alkyl or cyclic N) is 3. The summed E-state index contributed by atoms with van der Waals surface area (Å²) in [6.45, 7) is 30.7. The lowest BCUT2D eigenvalue weighted by Gasteiger charge is -2.34. The van der Waals surface area contributed by atoms with E-state index in [-0.39, 0.29) is 137 Å². The first-order chi connectivity index (χ1) is 54.4. The summed E-state index contributed by atoms with van der Waals surface area (Å²) >= 11 is 4.82. The number of carbonyl (C=O) groups is 9. The Morgan fingerprint density at radius 1 is 0.443 bits per heavy atom. The molecule has 3 aromatic heterocycles. The number of aliphatic hydroxyl groups is 3. The molecule has 3 saturated heterocycles. The summed E-state index contributed by atoms with van der Waals surface area (Å²) in [5, 5.41) is 39.0. The number of rotatable bonds is 37. The van der Waals surface area contributed by atoms with Crippen molar-refractivity contribution in [1.29, 1.82) is 0 Å². The molecule has 3 aromatic carbocycles. The van der Waals surface area contributed by atoms with Crippen molar-refractivity contribution >= 4 is 86.6 Å². The Bertz CT molecular complexity index is 3910. The van der Waals surface area contributed by atoms with Crippen LogP contribution in [-0.2, 0) is 76.6 Å². The lowest BCUT2D eigenvalue weighted by atomic mass is 9.76. The van der Waals surface area contributed by atoms with Crippen molar-refractivity contribution < 1.29 is 77.8 Å². The highest BCUT2D eigenvalue weighted by atomic mass is 32.1. The number of carboxylic acid groups (broad SMARTS) is 1. The number of carbonyl (C=O) groups excluding carboxylic acids is 8. The Labute approximate surface area is 691 Å². The van der Waals surface area contributed by atoms with Gasteiger partial charge < -0.3 is 60.8 Å². The van der Waals surface area contributed by atoms with Crippen molar-refractivity contribution in [3.63, 3.8) is 0 Å². The molecular formula is C88H126N8O16S3. The molecule has 6 heterocycles. The summed E-state index contributed by atoms with van der Waals surface area (Å²) in [5.74, 6) is -2.90. The molecule has 3 aliphatic heterocycles. The Morgan fingerprint density at radius 2 is 0.739 bits per heavy atom. The van der Waals surface area contributed by atoms with E-state index in [9.17, 15) is 58.5 Å². The maximum absolute atomic E-state index is 13.7. The van der Waals surface area contributed by atoms with E-state index in [0.717, 1.165) is 77.9 Å². The molecule has 0 aliphatic carbocycles. The van der Waals surface area contributed by atoms with Gasteiger partial charge in [0.1, 0.15) is 11.6 Å². The molecule has 3 fully saturated rings. The minimum Gasteiger partial charge on any atom is -0.481 e. The van der Waals surface area contributed by atoms with Gasteiger partial charge in [0, 0.05) is 115 Å².